The third-order valence-electron chi connectivity index (χ3n) is 4.76. The molecule has 0 bridgehead atoms. The van der Waals surface area contributed by atoms with Crippen molar-refractivity contribution >= 4 is 45.2 Å². The lowest BCUT2D eigenvalue weighted by Crippen LogP contribution is -2.30. The van der Waals surface area contributed by atoms with Crippen LogP contribution in [0.3, 0.4) is 0 Å². The summed E-state index contributed by atoms with van der Waals surface area (Å²) >= 11 is 0. The quantitative estimate of drug-likeness (QED) is 0.378. The molecule has 1 heterocycles. The van der Waals surface area contributed by atoms with E-state index in [2.05, 4.69) is 5.32 Å². The number of fused-ring (bicyclic) bond motifs is 3. The molecule has 152 valence electrons. The summed E-state index contributed by atoms with van der Waals surface area (Å²) < 4.78 is 16.6. The molecular weight excluding hydrogens is 384 g/mol. The summed E-state index contributed by atoms with van der Waals surface area (Å²) in [6, 6.07) is 17.4. The molecule has 0 aliphatic rings. The molecule has 7 nitrogen and oxygen atoms in total. The van der Waals surface area contributed by atoms with Gasteiger partial charge in [-0.05, 0) is 43.3 Å². The maximum absolute atomic E-state index is 12.6. The normalized spacial score (nSPS) is 11.9. The second-order valence-electron chi connectivity index (χ2n) is 6.81. The number of amides is 1. The van der Waals surface area contributed by atoms with E-state index in [-0.39, 0.29) is 0 Å². The predicted octanol–water partition coefficient (Wildman–Crippen LogP) is 4.36. The van der Waals surface area contributed by atoms with E-state index in [1.165, 1.54) is 14.0 Å². The van der Waals surface area contributed by atoms with Crippen LogP contribution >= 0.6 is 0 Å². The van der Waals surface area contributed by atoms with Crippen molar-refractivity contribution in [2.24, 2.45) is 0 Å². The van der Waals surface area contributed by atoms with Gasteiger partial charge in [0.15, 0.2) is 6.10 Å². The van der Waals surface area contributed by atoms with E-state index in [4.69, 9.17) is 19.6 Å². The van der Waals surface area contributed by atoms with E-state index in [1.54, 1.807) is 30.3 Å². The molecule has 1 aromatic heterocycles. The van der Waals surface area contributed by atoms with E-state index in [0.29, 0.717) is 28.3 Å². The van der Waals surface area contributed by atoms with Gasteiger partial charge in [-0.25, -0.2) is 4.79 Å². The Morgan fingerprint density at radius 1 is 1.00 bits per heavy atom. The van der Waals surface area contributed by atoms with Gasteiger partial charge in [-0.1, -0.05) is 18.2 Å². The molecule has 1 atom stereocenters. The Morgan fingerprint density at radius 3 is 2.47 bits per heavy atom. The van der Waals surface area contributed by atoms with Crippen LogP contribution in [0.5, 0.6) is 5.75 Å². The molecule has 0 saturated heterocycles. The Hall–Kier alpha value is -4.00. The zero-order chi connectivity index (χ0) is 21.3. The number of hydrogen-bond acceptors (Lipinski definition) is 6. The molecule has 4 aromatic rings. The van der Waals surface area contributed by atoms with Gasteiger partial charge in [-0.3, -0.25) is 4.79 Å². The van der Waals surface area contributed by atoms with Crippen molar-refractivity contribution in [2.45, 2.75) is 13.0 Å². The minimum Gasteiger partial charge on any atom is -0.495 e. The summed E-state index contributed by atoms with van der Waals surface area (Å²) in [4.78, 5) is 24.9. The number of anilines is 2. The second-order valence-corrected chi connectivity index (χ2v) is 6.81. The molecule has 3 N–H and O–H groups in total. The smallest absolute Gasteiger partial charge is 0.338 e. The number of furan rings is 1. The first-order chi connectivity index (χ1) is 14.5. The molecule has 4 rings (SSSR count). The van der Waals surface area contributed by atoms with E-state index >= 15 is 0 Å². The molecule has 0 saturated carbocycles. The third kappa shape index (κ3) is 3.65. The van der Waals surface area contributed by atoms with Crippen molar-refractivity contribution in [3.8, 4) is 5.75 Å². The number of carbonyl (C=O) groups excluding carboxylic acids is 2. The highest BCUT2D eigenvalue weighted by atomic mass is 16.5. The topological polar surface area (TPSA) is 104 Å². The van der Waals surface area contributed by atoms with Crippen LogP contribution in [-0.4, -0.2) is 25.1 Å². The Balaban J connectivity index is 1.55. The molecule has 7 heteroatoms. The monoisotopic (exact) mass is 404 g/mol. The molecule has 1 amide bonds. The number of hydrogen-bond donors (Lipinski definition) is 2. The lowest BCUT2D eigenvalue weighted by atomic mass is 10.1. The van der Waals surface area contributed by atoms with Gasteiger partial charge in [0.2, 0.25) is 0 Å². The van der Waals surface area contributed by atoms with Crippen LogP contribution < -0.4 is 15.8 Å². The lowest BCUT2D eigenvalue weighted by Gasteiger charge is -2.15. The number of rotatable bonds is 5. The van der Waals surface area contributed by atoms with Gasteiger partial charge in [-0.15, -0.1) is 0 Å². The number of esters is 1. The van der Waals surface area contributed by atoms with Crippen molar-refractivity contribution < 1.29 is 23.5 Å². The number of carbonyl (C=O) groups is 2. The van der Waals surface area contributed by atoms with Crippen molar-refractivity contribution in [3.63, 3.8) is 0 Å². The van der Waals surface area contributed by atoms with E-state index in [0.717, 1.165) is 16.4 Å². The first-order valence-corrected chi connectivity index (χ1v) is 9.33. The Labute approximate surface area is 172 Å². The van der Waals surface area contributed by atoms with Crippen molar-refractivity contribution in [2.75, 3.05) is 18.2 Å². The second kappa shape index (κ2) is 7.79. The maximum atomic E-state index is 12.6. The predicted molar refractivity (Wildman–Crippen MR) is 115 cm³/mol. The summed E-state index contributed by atoms with van der Waals surface area (Å²) in [7, 11) is 1.52. The molecule has 0 radical (unpaired) electrons. The fourth-order valence-corrected chi connectivity index (χ4v) is 3.15. The summed E-state index contributed by atoms with van der Waals surface area (Å²) in [5.74, 6) is -0.635. The summed E-state index contributed by atoms with van der Waals surface area (Å²) in [5, 5.41) is 4.57. The molecule has 0 aliphatic heterocycles. The molecule has 0 aliphatic carbocycles. The van der Waals surface area contributed by atoms with Crippen LogP contribution in [0.4, 0.5) is 11.4 Å². The number of nitrogen functional groups attached to an aromatic ring is 1. The third-order valence-corrected chi connectivity index (χ3v) is 4.76. The number of ether oxygens (including phenoxy) is 2. The lowest BCUT2D eigenvalue weighted by molar-refractivity contribution is -0.123. The average molecular weight is 404 g/mol. The van der Waals surface area contributed by atoms with Crippen LogP contribution in [0.25, 0.3) is 21.9 Å². The zero-order valence-corrected chi connectivity index (χ0v) is 16.5. The highest BCUT2D eigenvalue weighted by molar-refractivity contribution is 6.08. The Morgan fingerprint density at radius 2 is 1.73 bits per heavy atom. The Bertz CT molecular complexity index is 1240. The van der Waals surface area contributed by atoms with Crippen LogP contribution in [0.1, 0.15) is 17.3 Å². The molecular formula is C23H20N2O5. The van der Waals surface area contributed by atoms with Crippen LogP contribution in [0.15, 0.2) is 65.1 Å². The van der Waals surface area contributed by atoms with Gasteiger partial charge in [0.25, 0.3) is 5.91 Å². The molecule has 3 aromatic carbocycles. The Kier molecular flexibility index (Phi) is 5.02. The van der Waals surface area contributed by atoms with Gasteiger partial charge in [0.1, 0.15) is 16.9 Å². The van der Waals surface area contributed by atoms with Crippen LogP contribution in [0.2, 0.25) is 0 Å². The van der Waals surface area contributed by atoms with E-state index < -0.39 is 18.0 Å². The number of benzene rings is 3. The standard InChI is InChI=1S/C23H20N2O5/c1-13(29-23(27)14-7-9-15(24)10-8-14)22(26)25-18-12-20-17(11-21(18)28-2)16-5-3-4-6-19(16)30-20/h3-13H,24H2,1-2H3,(H,25,26)/t13-/m1/s1. The fraction of sp³-hybridized carbons (Fsp3) is 0.130. The first-order valence-electron chi connectivity index (χ1n) is 9.33. The molecule has 0 fully saturated rings. The molecule has 30 heavy (non-hydrogen) atoms. The van der Waals surface area contributed by atoms with E-state index in [1.807, 2.05) is 30.3 Å². The minimum absolute atomic E-state index is 0.310. The number of methoxy groups -OCH3 is 1. The highest BCUT2D eigenvalue weighted by Crippen LogP contribution is 2.36. The van der Waals surface area contributed by atoms with Crippen molar-refractivity contribution in [1.29, 1.82) is 0 Å². The van der Waals surface area contributed by atoms with E-state index in [9.17, 15) is 9.59 Å². The minimum atomic E-state index is -1.02. The van der Waals surface area contributed by atoms with Gasteiger partial charge >= 0.3 is 5.97 Å². The molecule has 0 spiro atoms. The fourth-order valence-electron chi connectivity index (χ4n) is 3.15. The van der Waals surface area contributed by atoms with Crippen molar-refractivity contribution in [1.82, 2.24) is 0 Å². The van der Waals surface area contributed by atoms with Gasteiger partial charge in [-0.2, -0.15) is 0 Å². The van der Waals surface area contributed by atoms with Gasteiger partial charge in [0, 0.05) is 22.5 Å². The van der Waals surface area contributed by atoms with Crippen molar-refractivity contribution in [3.05, 3.63) is 66.2 Å². The number of nitrogens with two attached hydrogens (primary N) is 1. The zero-order valence-electron chi connectivity index (χ0n) is 16.5. The number of para-hydroxylation sites is 1. The maximum Gasteiger partial charge on any atom is 0.338 e. The average Bonchev–Trinajstić information content (AvgIpc) is 3.10. The summed E-state index contributed by atoms with van der Waals surface area (Å²) in [6.07, 6.45) is -1.02. The summed E-state index contributed by atoms with van der Waals surface area (Å²) in [6.45, 7) is 1.50. The van der Waals surface area contributed by atoms with Crippen LogP contribution in [-0.2, 0) is 9.53 Å². The SMILES string of the molecule is COc1cc2c(cc1NC(=O)[C@@H](C)OC(=O)c1ccc(N)cc1)oc1ccccc12. The summed E-state index contributed by atoms with van der Waals surface area (Å²) in [5.41, 5.74) is 8.23. The number of nitrogens with one attached hydrogen (secondary N) is 1. The van der Waals surface area contributed by atoms with Crippen LogP contribution in [0, 0.1) is 0 Å². The highest BCUT2D eigenvalue weighted by Gasteiger charge is 2.21. The largest absolute Gasteiger partial charge is 0.495 e. The molecule has 0 unspecified atom stereocenters. The van der Waals surface area contributed by atoms with Gasteiger partial charge < -0.3 is 24.9 Å². The first kappa shape index (κ1) is 19.3. The van der Waals surface area contributed by atoms with Gasteiger partial charge in [0.05, 0.1) is 18.4 Å².